The van der Waals surface area contributed by atoms with Crippen LogP contribution in [-0.2, 0) is 42.3 Å². The summed E-state index contributed by atoms with van der Waals surface area (Å²) < 4.78 is 35.1. The molecule has 11 nitrogen and oxygen atoms in total. The minimum absolute atomic E-state index is 0.0495. The van der Waals surface area contributed by atoms with Crippen LogP contribution in [0.3, 0.4) is 0 Å². The molecule has 5 rings (SSSR count). The number of oxime groups is 1. The summed E-state index contributed by atoms with van der Waals surface area (Å²) in [5.74, 6) is -2.50. The first kappa shape index (κ1) is 42.1. The molecule has 1 aliphatic rings. The summed E-state index contributed by atoms with van der Waals surface area (Å²) in [4.78, 5) is 54.8. The molecule has 0 heterocycles. The highest BCUT2D eigenvalue weighted by atomic mass is 31.2. The zero-order valence-corrected chi connectivity index (χ0v) is 33.1. The van der Waals surface area contributed by atoms with E-state index in [1.165, 1.54) is 20.8 Å². The fraction of sp³-hybridized carbons (Fsp3) is 0.222. The number of hydrogen-bond donors (Lipinski definition) is 0. The van der Waals surface area contributed by atoms with E-state index in [0.717, 1.165) is 44.5 Å². The molecule has 0 N–H and O–H groups in total. The lowest BCUT2D eigenvalue weighted by atomic mass is 9.87. The van der Waals surface area contributed by atoms with Gasteiger partial charge in [0.25, 0.3) is 0 Å². The summed E-state index contributed by atoms with van der Waals surface area (Å²) in [6.45, 7) is 10.2. The molecule has 0 radical (unpaired) electrons. The lowest BCUT2D eigenvalue weighted by Gasteiger charge is -2.19. The Hall–Kier alpha value is -6.00. The van der Waals surface area contributed by atoms with Gasteiger partial charge in [-0.05, 0) is 77.3 Å². The number of ether oxygens (including phenoxy) is 2. The lowest BCUT2D eigenvalue weighted by molar-refractivity contribution is -0.141. The van der Waals surface area contributed by atoms with E-state index < -0.39 is 31.3 Å². The van der Waals surface area contributed by atoms with Crippen molar-refractivity contribution in [1.29, 1.82) is 0 Å². The molecule has 294 valence electrons. The van der Waals surface area contributed by atoms with E-state index in [2.05, 4.69) is 54.7 Å². The standard InChI is InChI=1S/C45H44NO10P/c1-30(2)44(49)52-24-26-54-57(51,55-27-25-53-45(50)31(3)4)28-14-21-40(46-56-32(5)47)43(48)35-22-23-37-36-19-12-13-20-38(36)42(39(37)29-35)41(33-15-8-6-9-16-33)34-17-10-7-11-18-34/h6-13,15-20,22-23,29H,1,3,14,21,24-28H2,2,4-5H3/b46-40-. The molecule has 0 fully saturated rings. The molecule has 0 saturated carbocycles. The molecule has 0 aliphatic heterocycles. The van der Waals surface area contributed by atoms with Crippen molar-refractivity contribution in [2.45, 2.75) is 33.6 Å². The maximum absolute atomic E-state index is 14.3. The third-order valence-electron chi connectivity index (χ3n) is 8.71. The minimum Gasteiger partial charge on any atom is -0.460 e. The lowest BCUT2D eigenvalue weighted by Crippen LogP contribution is -2.17. The molecular weight excluding hydrogens is 745 g/mol. The van der Waals surface area contributed by atoms with Gasteiger partial charge in [0.2, 0.25) is 5.78 Å². The van der Waals surface area contributed by atoms with E-state index in [0.29, 0.717) is 5.56 Å². The molecule has 0 bridgehead atoms. The highest BCUT2D eigenvalue weighted by Crippen LogP contribution is 2.50. The van der Waals surface area contributed by atoms with Crippen molar-refractivity contribution in [2.24, 2.45) is 5.16 Å². The molecule has 57 heavy (non-hydrogen) atoms. The van der Waals surface area contributed by atoms with Gasteiger partial charge in [0, 0.05) is 23.6 Å². The summed E-state index contributed by atoms with van der Waals surface area (Å²) in [7, 11) is -3.91. The van der Waals surface area contributed by atoms with Crippen molar-refractivity contribution in [3.8, 4) is 11.1 Å². The topological polar surface area (TPSA) is 144 Å². The maximum Gasteiger partial charge on any atom is 0.333 e. The SMILES string of the molecule is C=C(C)C(=O)OCCOP(=O)(CCC/C(=N/OC(C)=O)C(=O)c1ccc2c(c1)C(=C(c1ccccc1)c1ccccc1)c1ccccc1-2)OCCOC(=O)C(=C)C. The monoisotopic (exact) mass is 789 g/mol. The number of ketones is 1. The van der Waals surface area contributed by atoms with Gasteiger partial charge in [-0.3, -0.25) is 9.36 Å². The van der Waals surface area contributed by atoms with Crippen molar-refractivity contribution in [3.05, 3.63) is 155 Å². The number of carbonyl (C=O) groups excluding carboxylic acids is 4. The first-order chi connectivity index (χ1) is 27.4. The summed E-state index contributed by atoms with van der Waals surface area (Å²) in [5, 5.41) is 3.93. The van der Waals surface area contributed by atoms with E-state index in [-0.39, 0.29) is 62.3 Å². The highest BCUT2D eigenvalue weighted by molar-refractivity contribution is 7.53. The van der Waals surface area contributed by atoms with Crippen LogP contribution in [0.1, 0.15) is 66.2 Å². The molecule has 12 heteroatoms. The van der Waals surface area contributed by atoms with Crippen molar-refractivity contribution >= 4 is 48.1 Å². The number of carbonyl (C=O) groups is 4. The summed E-state index contributed by atoms with van der Waals surface area (Å²) in [6, 6.07) is 33.7. The molecule has 0 spiro atoms. The van der Waals surface area contributed by atoms with Gasteiger partial charge >= 0.3 is 25.5 Å². The number of hydrogen-bond acceptors (Lipinski definition) is 11. The first-order valence-corrected chi connectivity index (χ1v) is 20.0. The van der Waals surface area contributed by atoms with E-state index in [1.54, 1.807) is 6.07 Å². The normalized spacial score (nSPS) is 11.9. The highest BCUT2D eigenvalue weighted by Gasteiger charge is 2.30. The Kier molecular flexibility index (Phi) is 14.6. The molecule has 0 atom stereocenters. The van der Waals surface area contributed by atoms with E-state index in [1.807, 2.05) is 60.7 Å². The summed E-state index contributed by atoms with van der Waals surface area (Å²) in [5.41, 5.74) is 8.42. The van der Waals surface area contributed by atoms with Gasteiger partial charge in [-0.25, -0.2) is 14.4 Å². The maximum atomic E-state index is 14.3. The Balaban J connectivity index is 1.43. The molecule has 0 amide bonds. The largest absolute Gasteiger partial charge is 0.460 e. The van der Waals surface area contributed by atoms with Crippen LogP contribution in [0, 0.1) is 0 Å². The van der Waals surface area contributed by atoms with Crippen LogP contribution in [0.25, 0.3) is 22.3 Å². The van der Waals surface area contributed by atoms with E-state index >= 15 is 0 Å². The summed E-state index contributed by atoms with van der Waals surface area (Å²) in [6.07, 6.45) is -0.225. The van der Waals surface area contributed by atoms with Gasteiger partial charge in [0.1, 0.15) is 18.9 Å². The van der Waals surface area contributed by atoms with Crippen molar-refractivity contribution in [2.75, 3.05) is 32.6 Å². The second-order valence-corrected chi connectivity index (χ2v) is 15.4. The third kappa shape index (κ3) is 11.1. The first-order valence-electron chi connectivity index (χ1n) is 18.3. The van der Waals surface area contributed by atoms with Crippen molar-refractivity contribution in [1.82, 2.24) is 0 Å². The van der Waals surface area contributed by atoms with Crippen LogP contribution in [0.2, 0.25) is 0 Å². The molecule has 4 aromatic carbocycles. The Morgan fingerprint density at radius 2 is 1.12 bits per heavy atom. The smallest absolute Gasteiger partial charge is 0.333 e. The van der Waals surface area contributed by atoms with Gasteiger partial charge < -0.3 is 23.4 Å². The fourth-order valence-corrected chi connectivity index (χ4v) is 7.69. The predicted molar refractivity (Wildman–Crippen MR) is 218 cm³/mol. The van der Waals surface area contributed by atoms with Gasteiger partial charge in [-0.15, -0.1) is 0 Å². The zero-order chi connectivity index (χ0) is 41.0. The van der Waals surface area contributed by atoms with E-state index in [9.17, 15) is 23.7 Å². The Bertz CT molecular complexity index is 2200. The van der Waals surface area contributed by atoms with Crippen LogP contribution < -0.4 is 0 Å². The average Bonchev–Trinajstić information content (AvgIpc) is 3.53. The molecular formula is C45H44NO10P. The number of rotatable bonds is 19. The molecule has 0 saturated heterocycles. The Morgan fingerprint density at radius 3 is 1.65 bits per heavy atom. The number of fused-ring (bicyclic) bond motifs is 3. The minimum atomic E-state index is -3.91. The quantitative estimate of drug-likeness (QED) is 0.0116. The van der Waals surface area contributed by atoms with Gasteiger partial charge in [-0.1, -0.05) is 115 Å². The van der Waals surface area contributed by atoms with Crippen LogP contribution in [0.5, 0.6) is 0 Å². The van der Waals surface area contributed by atoms with Gasteiger partial charge in [-0.2, -0.15) is 0 Å². The molecule has 0 unspecified atom stereocenters. The summed E-state index contributed by atoms with van der Waals surface area (Å²) >= 11 is 0. The Labute approximate surface area is 332 Å². The van der Waals surface area contributed by atoms with Crippen molar-refractivity contribution in [3.63, 3.8) is 0 Å². The third-order valence-corrected chi connectivity index (χ3v) is 10.7. The van der Waals surface area contributed by atoms with Crippen LogP contribution >= 0.6 is 7.60 Å². The van der Waals surface area contributed by atoms with Crippen LogP contribution in [0.15, 0.2) is 133 Å². The average molecular weight is 790 g/mol. The number of nitrogens with zero attached hydrogens (tertiary/aromatic N) is 1. The predicted octanol–water partition coefficient (Wildman–Crippen LogP) is 9.02. The number of benzene rings is 4. The zero-order valence-electron chi connectivity index (χ0n) is 32.2. The van der Waals surface area contributed by atoms with E-state index in [4.69, 9.17) is 23.4 Å². The second-order valence-electron chi connectivity index (χ2n) is 13.2. The van der Waals surface area contributed by atoms with Crippen molar-refractivity contribution < 1.29 is 47.1 Å². The molecule has 1 aliphatic carbocycles. The Morgan fingerprint density at radius 1 is 0.614 bits per heavy atom. The fourth-order valence-electron chi connectivity index (χ4n) is 6.10. The van der Waals surface area contributed by atoms with Gasteiger partial charge in [0.05, 0.1) is 19.4 Å². The second kappa shape index (κ2) is 19.7. The number of Topliss-reactive ketones (excluding diaryl/α,β-unsaturated/α-hetero) is 1. The van der Waals surface area contributed by atoms with Gasteiger partial charge in [0.15, 0.2) is 0 Å². The van der Waals surface area contributed by atoms with Crippen LogP contribution in [0.4, 0.5) is 0 Å². The number of esters is 2. The molecule has 0 aromatic heterocycles. The van der Waals surface area contributed by atoms with Crippen LogP contribution in [-0.4, -0.2) is 62.0 Å². The molecule has 4 aromatic rings.